The summed E-state index contributed by atoms with van der Waals surface area (Å²) in [5, 5.41) is 12.4. The molecule has 1 aliphatic heterocycles. The molecule has 1 saturated heterocycles. The van der Waals surface area contributed by atoms with Gasteiger partial charge in [-0.25, -0.2) is 0 Å². The highest BCUT2D eigenvalue weighted by atomic mass is 16.3. The van der Waals surface area contributed by atoms with Gasteiger partial charge in [0.05, 0.1) is 6.10 Å². The van der Waals surface area contributed by atoms with Crippen LogP contribution in [0, 0.1) is 0 Å². The van der Waals surface area contributed by atoms with Gasteiger partial charge in [-0.1, -0.05) is 18.2 Å². The molecule has 21 heavy (non-hydrogen) atoms. The fraction of sp³-hybridized carbons (Fsp3) is 0.500. The van der Waals surface area contributed by atoms with Crippen LogP contribution in [-0.2, 0) is 4.79 Å². The zero-order chi connectivity index (χ0) is 15.1. The van der Waals surface area contributed by atoms with Crippen molar-refractivity contribution < 1.29 is 14.7 Å². The van der Waals surface area contributed by atoms with Gasteiger partial charge in [0.1, 0.15) is 0 Å². The van der Waals surface area contributed by atoms with Crippen LogP contribution >= 0.6 is 0 Å². The van der Waals surface area contributed by atoms with E-state index in [2.05, 4.69) is 5.32 Å². The van der Waals surface area contributed by atoms with E-state index in [-0.39, 0.29) is 17.9 Å². The first kappa shape index (κ1) is 15.5. The average Bonchev–Trinajstić information content (AvgIpc) is 2.52. The highest BCUT2D eigenvalue weighted by Gasteiger charge is 2.21. The molecule has 0 spiro atoms. The molecule has 0 aromatic heterocycles. The van der Waals surface area contributed by atoms with E-state index >= 15 is 0 Å². The molecular formula is C16H22N2O3. The third-order valence-corrected chi connectivity index (χ3v) is 3.64. The van der Waals surface area contributed by atoms with Gasteiger partial charge in [0, 0.05) is 31.6 Å². The van der Waals surface area contributed by atoms with E-state index in [9.17, 15) is 14.7 Å². The Kier molecular flexibility index (Phi) is 5.75. The minimum absolute atomic E-state index is 0.0581. The molecule has 0 radical (unpaired) electrons. The second kappa shape index (κ2) is 7.78. The molecular weight excluding hydrogens is 268 g/mol. The van der Waals surface area contributed by atoms with E-state index in [1.165, 1.54) is 0 Å². The van der Waals surface area contributed by atoms with Crippen LogP contribution in [0.25, 0.3) is 0 Å². The molecule has 1 aromatic carbocycles. The molecule has 1 unspecified atom stereocenters. The smallest absolute Gasteiger partial charge is 0.251 e. The summed E-state index contributed by atoms with van der Waals surface area (Å²) >= 11 is 0. The summed E-state index contributed by atoms with van der Waals surface area (Å²) in [7, 11) is 0. The molecule has 0 aliphatic carbocycles. The molecule has 1 aliphatic rings. The van der Waals surface area contributed by atoms with Gasteiger partial charge in [0.2, 0.25) is 5.91 Å². The Balaban J connectivity index is 1.65. The predicted molar refractivity (Wildman–Crippen MR) is 79.8 cm³/mol. The maximum atomic E-state index is 12.0. The average molecular weight is 290 g/mol. The number of hydrogen-bond donors (Lipinski definition) is 2. The van der Waals surface area contributed by atoms with Crippen LogP contribution in [0.1, 0.15) is 36.0 Å². The van der Waals surface area contributed by atoms with Crippen LogP contribution in [0.3, 0.4) is 0 Å². The number of rotatable bonds is 5. The fourth-order valence-corrected chi connectivity index (χ4v) is 2.47. The largest absolute Gasteiger partial charge is 0.391 e. The van der Waals surface area contributed by atoms with E-state index in [1.54, 1.807) is 17.0 Å². The van der Waals surface area contributed by atoms with Crippen molar-refractivity contribution in [2.24, 2.45) is 0 Å². The van der Waals surface area contributed by atoms with Crippen LogP contribution in [0.2, 0.25) is 0 Å². The third-order valence-electron chi connectivity index (χ3n) is 3.64. The number of benzene rings is 1. The van der Waals surface area contributed by atoms with E-state index in [0.717, 1.165) is 19.4 Å². The highest BCUT2D eigenvalue weighted by Crippen LogP contribution is 2.11. The van der Waals surface area contributed by atoms with Gasteiger partial charge in [-0.15, -0.1) is 0 Å². The van der Waals surface area contributed by atoms with Crippen molar-refractivity contribution in [2.75, 3.05) is 19.6 Å². The first-order chi connectivity index (χ1) is 10.2. The van der Waals surface area contributed by atoms with Gasteiger partial charge < -0.3 is 15.3 Å². The molecule has 2 N–H and O–H groups in total. The fourth-order valence-electron chi connectivity index (χ4n) is 2.47. The molecule has 0 bridgehead atoms. The lowest BCUT2D eigenvalue weighted by atomic mass is 10.1. The number of β-amino-alcohol motifs (C(OH)–C–C–N with tert-alkyl or cyclic N) is 1. The van der Waals surface area contributed by atoms with E-state index < -0.39 is 0 Å². The number of amides is 2. The molecule has 2 amide bonds. The Hall–Kier alpha value is -1.88. The number of aliphatic hydroxyl groups is 1. The molecule has 2 rings (SSSR count). The van der Waals surface area contributed by atoms with Crippen molar-refractivity contribution in [1.82, 2.24) is 10.2 Å². The van der Waals surface area contributed by atoms with Crippen LogP contribution in [0.4, 0.5) is 0 Å². The summed E-state index contributed by atoms with van der Waals surface area (Å²) in [5.74, 6) is -0.0563. The quantitative estimate of drug-likeness (QED) is 0.800. The van der Waals surface area contributed by atoms with Gasteiger partial charge in [0.25, 0.3) is 5.91 Å². The molecule has 1 atom stereocenters. The molecule has 0 saturated carbocycles. The van der Waals surface area contributed by atoms with Crippen LogP contribution < -0.4 is 5.32 Å². The number of carbonyl (C=O) groups excluding carboxylic acids is 2. The first-order valence-corrected chi connectivity index (χ1v) is 7.46. The minimum Gasteiger partial charge on any atom is -0.391 e. The Morgan fingerprint density at radius 2 is 2.05 bits per heavy atom. The number of hydrogen-bond acceptors (Lipinski definition) is 3. The van der Waals surface area contributed by atoms with Gasteiger partial charge in [-0.05, 0) is 31.4 Å². The normalized spacial score (nSPS) is 18.3. The Bertz CT molecular complexity index is 476. The van der Waals surface area contributed by atoms with Gasteiger partial charge in [-0.3, -0.25) is 9.59 Å². The van der Waals surface area contributed by atoms with Crippen molar-refractivity contribution in [1.29, 1.82) is 0 Å². The monoisotopic (exact) mass is 290 g/mol. The number of likely N-dealkylation sites (tertiary alicyclic amines) is 1. The maximum absolute atomic E-state index is 12.0. The van der Waals surface area contributed by atoms with Crippen molar-refractivity contribution in [3.63, 3.8) is 0 Å². The van der Waals surface area contributed by atoms with Crippen LogP contribution in [0.15, 0.2) is 30.3 Å². The lowest BCUT2D eigenvalue weighted by Gasteiger charge is -2.30. The summed E-state index contributed by atoms with van der Waals surface area (Å²) in [4.78, 5) is 25.5. The van der Waals surface area contributed by atoms with Gasteiger partial charge >= 0.3 is 0 Å². The van der Waals surface area contributed by atoms with E-state index in [1.807, 2.05) is 18.2 Å². The van der Waals surface area contributed by atoms with Crippen molar-refractivity contribution in [2.45, 2.75) is 31.8 Å². The van der Waals surface area contributed by atoms with Crippen molar-refractivity contribution in [3.8, 4) is 0 Å². The van der Waals surface area contributed by atoms with Gasteiger partial charge in [0.15, 0.2) is 0 Å². The summed E-state index contributed by atoms with van der Waals surface area (Å²) in [5.41, 5.74) is 0.628. The van der Waals surface area contributed by atoms with Crippen molar-refractivity contribution >= 4 is 11.8 Å². The molecule has 5 heteroatoms. The Labute approximate surface area is 125 Å². The summed E-state index contributed by atoms with van der Waals surface area (Å²) in [6.45, 7) is 1.65. The SMILES string of the molecule is O=C(NCCCC(=O)N1CCCC(O)C1)c1ccccc1. The third kappa shape index (κ3) is 4.86. The van der Waals surface area contributed by atoms with Crippen LogP contribution in [0.5, 0.6) is 0 Å². The summed E-state index contributed by atoms with van der Waals surface area (Å²) in [6.07, 6.45) is 2.26. The number of nitrogens with zero attached hydrogens (tertiary/aromatic N) is 1. The van der Waals surface area contributed by atoms with Crippen LogP contribution in [-0.4, -0.2) is 47.6 Å². The molecule has 1 aromatic rings. The van der Waals surface area contributed by atoms with Crippen molar-refractivity contribution in [3.05, 3.63) is 35.9 Å². The number of carbonyl (C=O) groups is 2. The van der Waals surface area contributed by atoms with E-state index in [4.69, 9.17) is 0 Å². The van der Waals surface area contributed by atoms with E-state index in [0.29, 0.717) is 31.5 Å². The highest BCUT2D eigenvalue weighted by molar-refractivity contribution is 5.94. The summed E-state index contributed by atoms with van der Waals surface area (Å²) < 4.78 is 0. The Morgan fingerprint density at radius 3 is 2.76 bits per heavy atom. The number of nitrogens with one attached hydrogen (secondary N) is 1. The molecule has 114 valence electrons. The topological polar surface area (TPSA) is 69.6 Å². The first-order valence-electron chi connectivity index (χ1n) is 7.46. The molecule has 5 nitrogen and oxygen atoms in total. The second-order valence-corrected chi connectivity index (χ2v) is 5.36. The second-order valence-electron chi connectivity index (χ2n) is 5.36. The minimum atomic E-state index is -0.388. The standard InChI is InChI=1S/C16H22N2O3/c19-14-8-5-11-18(12-14)15(20)9-4-10-17-16(21)13-6-2-1-3-7-13/h1-3,6-7,14,19H,4-5,8-12H2,(H,17,21). The number of piperidine rings is 1. The predicted octanol–water partition coefficient (Wildman–Crippen LogP) is 1.18. The zero-order valence-corrected chi connectivity index (χ0v) is 12.1. The zero-order valence-electron chi connectivity index (χ0n) is 12.1. The Morgan fingerprint density at radius 1 is 1.29 bits per heavy atom. The molecule has 1 fully saturated rings. The maximum Gasteiger partial charge on any atom is 0.251 e. The lowest BCUT2D eigenvalue weighted by molar-refractivity contribution is -0.134. The van der Waals surface area contributed by atoms with Gasteiger partial charge in [-0.2, -0.15) is 0 Å². The lowest BCUT2D eigenvalue weighted by Crippen LogP contribution is -2.42. The number of aliphatic hydroxyl groups excluding tert-OH is 1. The summed E-state index contributed by atoms with van der Waals surface area (Å²) in [6, 6.07) is 9.02. The molecule has 1 heterocycles.